The molecule has 0 aliphatic carbocycles. The topological polar surface area (TPSA) is 49.7 Å². The predicted octanol–water partition coefficient (Wildman–Crippen LogP) is 1.18. The number of benzene rings is 1. The van der Waals surface area contributed by atoms with Crippen LogP contribution in [0, 0.1) is 0 Å². The molecule has 0 bridgehead atoms. The van der Waals surface area contributed by atoms with E-state index in [-0.39, 0.29) is 0 Å². The zero-order chi connectivity index (χ0) is 11.9. The molecule has 17 heavy (non-hydrogen) atoms. The summed E-state index contributed by atoms with van der Waals surface area (Å²) in [7, 11) is -3.46. The van der Waals surface area contributed by atoms with E-state index in [9.17, 15) is 8.42 Å². The van der Waals surface area contributed by atoms with E-state index in [1.807, 2.05) is 23.9 Å². The van der Waals surface area contributed by atoms with E-state index < -0.39 is 10.0 Å². The molecule has 0 amide bonds. The highest BCUT2D eigenvalue weighted by atomic mass is 32.2. The van der Waals surface area contributed by atoms with Crippen molar-refractivity contribution in [3.8, 4) is 0 Å². The van der Waals surface area contributed by atoms with Gasteiger partial charge in [-0.3, -0.25) is 0 Å². The number of amidine groups is 1. The molecule has 0 aromatic heterocycles. The van der Waals surface area contributed by atoms with Crippen molar-refractivity contribution in [1.29, 1.82) is 0 Å². The van der Waals surface area contributed by atoms with Crippen molar-refractivity contribution in [1.82, 2.24) is 4.90 Å². The van der Waals surface area contributed by atoms with Gasteiger partial charge in [0.1, 0.15) is 4.90 Å². The van der Waals surface area contributed by atoms with Gasteiger partial charge < -0.3 is 4.90 Å². The van der Waals surface area contributed by atoms with Crippen LogP contribution in [0.4, 0.5) is 0 Å². The Morgan fingerprint density at radius 3 is 2.65 bits per heavy atom. The third-order valence-electron chi connectivity index (χ3n) is 2.92. The normalized spacial score (nSPS) is 22.1. The van der Waals surface area contributed by atoms with Crippen LogP contribution < -0.4 is 0 Å². The zero-order valence-electron chi connectivity index (χ0n) is 9.17. The van der Waals surface area contributed by atoms with Gasteiger partial charge in [0.2, 0.25) is 0 Å². The lowest BCUT2D eigenvalue weighted by Gasteiger charge is -2.27. The standard InChI is InChI=1S/C11H12N2O2S2/c14-17(15)10-4-2-1-3-9(10)11(12-17)13-5-7-16-8-6-13/h1-4H,5-8H2. The molecule has 0 spiro atoms. The molecule has 0 unspecified atom stereocenters. The number of rotatable bonds is 0. The third kappa shape index (κ3) is 1.85. The average Bonchev–Trinajstić information content (AvgIpc) is 2.64. The highest BCUT2D eigenvalue weighted by molar-refractivity contribution is 7.99. The first-order valence-electron chi connectivity index (χ1n) is 5.45. The molecule has 90 valence electrons. The lowest BCUT2D eigenvalue weighted by molar-refractivity contribution is 0.465. The Hall–Kier alpha value is -1.01. The smallest absolute Gasteiger partial charge is 0.285 e. The fourth-order valence-electron chi connectivity index (χ4n) is 2.09. The lowest BCUT2D eigenvalue weighted by atomic mass is 10.2. The number of nitrogens with zero attached hydrogens (tertiary/aromatic N) is 2. The minimum Gasteiger partial charge on any atom is -0.354 e. The largest absolute Gasteiger partial charge is 0.354 e. The van der Waals surface area contributed by atoms with E-state index >= 15 is 0 Å². The maximum atomic E-state index is 11.9. The maximum Gasteiger partial charge on any atom is 0.285 e. The molecule has 1 aromatic rings. The van der Waals surface area contributed by atoms with Crippen LogP contribution in [-0.2, 0) is 10.0 Å². The number of sulfonamides is 1. The quantitative estimate of drug-likeness (QED) is 0.709. The van der Waals surface area contributed by atoms with Gasteiger partial charge in [-0.05, 0) is 12.1 Å². The predicted molar refractivity (Wildman–Crippen MR) is 69.1 cm³/mol. The van der Waals surface area contributed by atoms with Crippen molar-refractivity contribution in [3.05, 3.63) is 29.8 Å². The van der Waals surface area contributed by atoms with Gasteiger partial charge in [-0.15, -0.1) is 4.40 Å². The monoisotopic (exact) mass is 268 g/mol. The van der Waals surface area contributed by atoms with Crippen LogP contribution in [0.25, 0.3) is 0 Å². The molecule has 1 aromatic carbocycles. The molecule has 1 saturated heterocycles. The fraction of sp³-hybridized carbons (Fsp3) is 0.364. The number of hydrogen-bond acceptors (Lipinski definition) is 4. The Kier molecular flexibility index (Phi) is 2.63. The van der Waals surface area contributed by atoms with E-state index in [0.717, 1.165) is 30.2 Å². The summed E-state index contributed by atoms with van der Waals surface area (Å²) in [5.74, 6) is 2.68. The first kappa shape index (κ1) is 11.1. The molecule has 0 N–H and O–H groups in total. The van der Waals surface area contributed by atoms with Crippen LogP contribution in [0.3, 0.4) is 0 Å². The summed E-state index contributed by atoms with van der Waals surface area (Å²) in [6.45, 7) is 1.74. The Morgan fingerprint density at radius 1 is 1.18 bits per heavy atom. The number of hydrogen-bond donors (Lipinski definition) is 0. The summed E-state index contributed by atoms with van der Waals surface area (Å²) in [4.78, 5) is 2.41. The molecular weight excluding hydrogens is 256 g/mol. The molecule has 2 heterocycles. The van der Waals surface area contributed by atoms with E-state index in [2.05, 4.69) is 9.30 Å². The highest BCUT2D eigenvalue weighted by Crippen LogP contribution is 2.28. The van der Waals surface area contributed by atoms with Crippen LogP contribution in [0.2, 0.25) is 0 Å². The van der Waals surface area contributed by atoms with Gasteiger partial charge in [-0.25, -0.2) is 0 Å². The molecule has 1 fully saturated rings. The van der Waals surface area contributed by atoms with Gasteiger partial charge in [-0.1, -0.05) is 12.1 Å². The van der Waals surface area contributed by atoms with E-state index in [0.29, 0.717) is 10.7 Å². The minimum atomic E-state index is -3.46. The van der Waals surface area contributed by atoms with Crippen LogP contribution in [-0.4, -0.2) is 43.7 Å². The van der Waals surface area contributed by atoms with Crippen LogP contribution in [0.15, 0.2) is 33.6 Å². The fourth-order valence-corrected chi connectivity index (χ4v) is 4.22. The summed E-state index contributed by atoms with van der Waals surface area (Å²) in [6, 6.07) is 7.05. The van der Waals surface area contributed by atoms with Gasteiger partial charge in [0, 0.05) is 30.2 Å². The molecule has 2 aliphatic heterocycles. The van der Waals surface area contributed by atoms with Crippen molar-refractivity contribution in [2.24, 2.45) is 4.40 Å². The molecule has 0 saturated carbocycles. The molecule has 6 heteroatoms. The average molecular weight is 268 g/mol. The first-order chi connectivity index (χ1) is 8.18. The first-order valence-corrected chi connectivity index (χ1v) is 8.05. The van der Waals surface area contributed by atoms with E-state index in [4.69, 9.17) is 0 Å². The number of fused-ring (bicyclic) bond motifs is 1. The van der Waals surface area contributed by atoms with Crippen molar-refractivity contribution in [3.63, 3.8) is 0 Å². The van der Waals surface area contributed by atoms with Gasteiger partial charge in [0.25, 0.3) is 10.0 Å². The SMILES string of the molecule is O=S1(=O)N=C(N2CCSCC2)c2ccccc21. The van der Waals surface area contributed by atoms with Crippen molar-refractivity contribution in [2.45, 2.75) is 4.90 Å². The summed E-state index contributed by atoms with van der Waals surface area (Å²) in [5, 5.41) is 0. The second-order valence-corrected chi connectivity index (χ2v) is 6.78. The molecule has 0 radical (unpaired) electrons. The number of thioether (sulfide) groups is 1. The van der Waals surface area contributed by atoms with Gasteiger partial charge in [0.05, 0.1) is 0 Å². The summed E-state index contributed by atoms with van der Waals surface area (Å²) in [6.07, 6.45) is 0. The van der Waals surface area contributed by atoms with E-state index in [1.54, 1.807) is 12.1 Å². The maximum absolute atomic E-state index is 11.9. The van der Waals surface area contributed by atoms with Gasteiger partial charge >= 0.3 is 0 Å². The zero-order valence-corrected chi connectivity index (χ0v) is 10.8. The Labute approximate surface area is 105 Å². The highest BCUT2D eigenvalue weighted by Gasteiger charge is 2.31. The molecular formula is C11H12N2O2S2. The summed E-state index contributed by atoms with van der Waals surface area (Å²) in [5.41, 5.74) is 0.749. The second kappa shape index (κ2) is 4.03. The Morgan fingerprint density at radius 2 is 1.88 bits per heavy atom. The second-order valence-electron chi connectivity index (χ2n) is 3.99. The lowest BCUT2D eigenvalue weighted by Crippen LogP contribution is -2.37. The third-order valence-corrected chi connectivity index (χ3v) is 5.19. The Bertz CT molecular complexity index is 575. The van der Waals surface area contributed by atoms with Crippen LogP contribution in [0.5, 0.6) is 0 Å². The van der Waals surface area contributed by atoms with Gasteiger partial charge in [0.15, 0.2) is 5.84 Å². The Balaban J connectivity index is 2.07. The molecule has 3 rings (SSSR count). The minimum absolute atomic E-state index is 0.341. The van der Waals surface area contributed by atoms with Crippen LogP contribution in [0.1, 0.15) is 5.56 Å². The van der Waals surface area contributed by atoms with Crippen molar-refractivity contribution < 1.29 is 8.42 Å². The van der Waals surface area contributed by atoms with Crippen molar-refractivity contribution in [2.75, 3.05) is 24.6 Å². The van der Waals surface area contributed by atoms with Gasteiger partial charge in [-0.2, -0.15) is 20.2 Å². The molecule has 2 aliphatic rings. The van der Waals surface area contributed by atoms with Crippen molar-refractivity contribution >= 4 is 27.6 Å². The van der Waals surface area contributed by atoms with E-state index in [1.165, 1.54) is 0 Å². The summed E-state index contributed by atoms with van der Waals surface area (Å²) < 4.78 is 27.7. The molecule has 0 atom stereocenters. The molecule has 4 nitrogen and oxygen atoms in total. The van der Waals surface area contributed by atoms with Crippen LogP contribution >= 0.6 is 11.8 Å². The summed E-state index contributed by atoms with van der Waals surface area (Å²) >= 11 is 1.89.